The summed E-state index contributed by atoms with van der Waals surface area (Å²) in [5.74, 6) is 0.774. The number of nitrogens with one attached hydrogen (secondary N) is 1. The SMILES string of the molecule is COc1ccc(-c2cc(-c3ccc(NC(C)=O)cc3)c(C#N)c(N)n2)cc1. The quantitative estimate of drug-likeness (QED) is 0.738. The number of pyridine rings is 1. The first-order chi connectivity index (χ1) is 13.0. The Balaban J connectivity index is 2.07. The van der Waals surface area contributed by atoms with Gasteiger partial charge in [0.15, 0.2) is 0 Å². The van der Waals surface area contributed by atoms with Gasteiger partial charge in [-0.25, -0.2) is 4.98 Å². The molecule has 6 heteroatoms. The van der Waals surface area contributed by atoms with Crippen molar-refractivity contribution < 1.29 is 9.53 Å². The molecule has 0 aliphatic carbocycles. The number of aromatic nitrogens is 1. The number of methoxy groups -OCH3 is 1. The van der Waals surface area contributed by atoms with Gasteiger partial charge in [-0.15, -0.1) is 0 Å². The molecule has 3 rings (SSSR count). The maximum absolute atomic E-state index is 11.2. The van der Waals surface area contributed by atoms with E-state index in [-0.39, 0.29) is 11.7 Å². The maximum atomic E-state index is 11.2. The molecular formula is C21H18N4O2. The molecule has 0 saturated heterocycles. The van der Waals surface area contributed by atoms with Crippen molar-refractivity contribution in [3.05, 3.63) is 60.2 Å². The molecule has 0 radical (unpaired) electrons. The first-order valence-corrected chi connectivity index (χ1v) is 8.25. The van der Waals surface area contributed by atoms with Gasteiger partial charge in [-0.2, -0.15) is 5.26 Å². The average Bonchev–Trinajstić information content (AvgIpc) is 2.67. The Morgan fingerprint density at radius 3 is 2.30 bits per heavy atom. The fourth-order valence-electron chi connectivity index (χ4n) is 2.76. The van der Waals surface area contributed by atoms with Gasteiger partial charge in [0.2, 0.25) is 5.91 Å². The third kappa shape index (κ3) is 3.88. The van der Waals surface area contributed by atoms with Crippen molar-refractivity contribution >= 4 is 17.4 Å². The minimum Gasteiger partial charge on any atom is -0.497 e. The minimum absolute atomic E-state index is 0.143. The highest BCUT2D eigenvalue weighted by Crippen LogP contribution is 2.32. The third-order valence-electron chi connectivity index (χ3n) is 4.06. The summed E-state index contributed by atoms with van der Waals surface area (Å²) < 4.78 is 5.18. The fourth-order valence-corrected chi connectivity index (χ4v) is 2.76. The molecule has 0 aliphatic heterocycles. The van der Waals surface area contributed by atoms with Crippen LogP contribution in [0.25, 0.3) is 22.4 Å². The highest BCUT2D eigenvalue weighted by atomic mass is 16.5. The van der Waals surface area contributed by atoms with Crippen LogP contribution in [0.4, 0.5) is 11.5 Å². The van der Waals surface area contributed by atoms with Crippen LogP contribution in [0.1, 0.15) is 12.5 Å². The molecule has 6 nitrogen and oxygen atoms in total. The van der Waals surface area contributed by atoms with Crippen LogP contribution in [0.2, 0.25) is 0 Å². The summed E-state index contributed by atoms with van der Waals surface area (Å²) in [6, 6.07) is 18.6. The lowest BCUT2D eigenvalue weighted by Gasteiger charge is -2.11. The standard InChI is InChI=1S/C21H18N4O2/c1-13(26)24-16-7-3-14(4-8-16)18-11-20(25-21(23)19(18)12-22)15-5-9-17(27-2)10-6-15/h3-11H,1-2H3,(H2,23,25)(H,24,26). The van der Waals surface area contributed by atoms with Crippen LogP contribution >= 0.6 is 0 Å². The summed E-state index contributed by atoms with van der Waals surface area (Å²) in [5, 5.41) is 12.2. The smallest absolute Gasteiger partial charge is 0.221 e. The monoisotopic (exact) mass is 358 g/mol. The first-order valence-electron chi connectivity index (χ1n) is 8.25. The first kappa shape index (κ1) is 18.0. The van der Waals surface area contributed by atoms with Crippen LogP contribution in [0.3, 0.4) is 0 Å². The van der Waals surface area contributed by atoms with Crippen LogP contribution in [0.15, 0.2) is 54.6 Å². The van der Waals surface area contributed by atoms with E-state index in [9.17, 15) is 10.1 Å². The molecule has 1 amide bonds. The Morgan fingerprint density at radius 2 is 1.74 bits per heavy atom. The summed E-state index contributed by atoms with van der Waals surface area (Å²) in [5.41, 5.74) is 10.1. The number of carbonyl (C=O) groups is 1. The number of nitrogens with zero attached hydrogens (tertiary/aromatic N) is 2. The van der Waals surface area contributed by atoms with Gasteiger partial charge in [0, 0.05) is 23.7 Å². The van der Waals surface area contributed by atoms with E-state index in [0.717, 1.165) is 16.9 Å². The largest absolute Gasteiger partial charge is 0.497 e. The number of hydrogen-bond acceptors (Lipinski definition) is 5. The van der Waals surface area contributed by atoms with E-state index >= 15 is 0 Å². The van der Waals surface area contributed by atoms with Gasteiger partial charge in [-0.3, -0.25) is 4.79 Å². The van der Waals surface area contributed by atoms with Gasteiger partial charge in [-0.05, 0) is 48.0 Å². The van der Waals surface area contributed by atoms with Crippen LogP contribution in [-0.4, -0.2) is 18.0 Å². The molecule has 1 aromatic heterocycles. The zero-order chi connectivity index (χ0) is 19.4. The second kappa shape index (κ2) is 7.58. The summed E-state index contributed by atoms with van der Waals surface area (Å²) in [4.78, 5) is 15.5. The van der Waals surface area contributed by atoms with Gasteiger partial charge < -0.3 is 15.8 Å². The van der Waals surface area contributed by atoms with E-state index in [1.165, 1.54) is 6.92 Å². The van der Waals surface area contributed by atoms with E-state index < -0.39 is 0 Å². The number of amides is 1. The summed E-state index contributed by atoms with van der Waals surface area (Å²) >= 11 is 0. The van der Waals surface area contributed by atoms with E-state index in [1.807, 2.05) is 42.5 Å². The number of anilines is 2. The molecule has 27 heavy (non-hydrogen) atoms. The van der Waals surface area contributed by atoms with Crippen molar-refractivity contribution in [2.45, 2.75) is 6.92 Å². The molecule has 0 fully saturated rings. The van der Waals surface area contributed by atoms with Gasteiger partial charge in [0.1, 0.15) is 23.2 Å². The summed E-state index contributed by atoms with van der Waals surface area (Å²) in [6.07, 6.45) is 0. The average molecular weight is 358 g/mol. The lowest BCUT2D eigenvalue weighted by atomic mass is 9.98. The predicted octanol–water partition coefficient (Wildman–Crippen LogP) is 3.84. The zero-order valence-electron chi connectivity index (χ0n) is 15.0. The number of nitriles is 1. The molecule has 3 aromatic rings. The minimum atomic E-state index is -0.143. The van der Waals surface area contributed by atoms with E-state index in [4.69, 9.17) is 10.5 Å². The maximum Gasteiger partial charge on any atom is 0.221 e. The molecule has 3 N–H and O–H groups in total. The normalized spacial score (nSPS) is 10.1. The Morgan fingerprint density at radius 1 is 1.11 bits per heavy atom. The Labute approximate surface area is 157 Å². The van der Waals surface area contributed by atoms with Crippen molar-refractivity contribution in [2.24, 2.45) is 0 Å². The molecule has 0 spiro atoms. The number of benzene rings is 2. The van der Waals surface area contributed by atoms with Crippen molar-refractivity contribution in [2.75, 3.05) is 18.2 Å². The van der Waals surface area contributed by atoms with Gasteiger partial charge >= 0.3 is 0 Å². The van der Waals surface area contributed by atoms with E-state index in [2.05, 4.69) is 16.4 Å². The van der Waals surface area contributed by atoms with Crippen molar-refractivity contribution in [3.63, 3.8) is 0 Å². The number of ether oxygens (including phenoxy) is 1. The highest BCUT2D eigenvalue weighted by molar-refractivity contribution is 5.89. The Kier molecular flexibility index (Phi) is 5.04. The molecule has 134 valence electrons. The highest BCUT2D eigenvalue weighted by Gasteiger charge is 2.13. The topological polar surface area (TPSA) is 101 Å². The Hall–Kier alpha value is -3.85. The fraction of sp³-hybridized carbons (Fsp3) is 0.0952. The predicted molar refractivity (Wildman–Crippen MR) is 105 cm³/mol. The van der Waals surface area contributed by atoms with Crippen LogP contribution in [0, 0.1) is 11.3 Å². The van der Waals surface area contributed by atoms with Crippen molar-refractivity contribution in [3.8, 4) is 34.2 Å². The lowest BCUT2D eigenvalue weighted by Crippen LogP contribution is -2.05. The molecule has 0 saturated carbocycles. The van der Waals surface area contributed by atoms with Crippen LogP contribution < -0.4 is 15.8 Å². The summed E-state index contributed by atoms with van der Waals surface area (Å²) in [7, 11) is 1.61. The van der Waals surface area contributed by atoms with Crippen LogP contribution in [-0.2, 0) is 4.79 Å². The van der Waals surface area contributed by atoms with Gasteiger partial charge in [0.05, 0.1) is 12.8 Å². The van der Waals surface area contributed by atoms with Crippen LogP contribution in [0.5, 0.6) is 5.75 Å². The van der Waals surface area contributed by atoms with Crippen molar-refractivity contribution in [1.29, 1.82) is 5.26 Å². The lowest BCUT2D eigenvalue weighted by molar-refractivity contribution is -0.114. The van der Waals surface area contributed by atoms with Gasteiger partial charge in [-0.1, -0.05) is 12.1 Å². The number of nitrogen functional groups attached to an aromatic ring is 1. The summed E-state index contributed by atoms with van der Waals surface area (Å²) in [6.45, 7) is 1.45. The van der Waals surface area contributed by atoms with Crippen molar-refractivity contribution in [1.82, 2.24) is 4.98 Å². The molecule has 1 heterocycles. The van der Waals surface area contributed by atoms with E-state index in [0.29, 0.717) is 22.5 Å². The molecule has 2 aromatic carbocycles. The number of hydrogen-bond donors (Lipinski definition) is 2. The number of rotatable bonds is 4. The third-order valence-corrected chi connectivity index (χ3v) is 4.06. The molecule has 0 unspecified atom stereocenters. The van der Waals surface area contributed by atoms with Gasteiger partial charge in [0.25, 0.3) is 0 Å². The molecule has 0 bridgehead atoms. The number of nitrogens with two attached hydrogens (primary N) is 1. The molecule has 0 aliphatic rings. The van der Waals surface area contributed by atoms with E-state index in [1.54, 1.807) is 19.2 Å². The molecular weight excluding hydrogens is 340 g/mol. The second-order valence-electron chi connectivity index (χ2n) is 5.91. The second-order valence-corrected chi connectivity index (χ2v) is 5.91. The Bertz CT molecular complexity index is 1020. The number of carbonyl (C=O) groups excluding carboxylic acids is 1. The molecule has 0 atom stereocenters. The zero-order valence-corrected chi connectivity index (χ0v) is 15.0.